The highest BCUT2D eigenvalue weighted by atomic mass is 31.1. The molecule has 0 aliphatic carbocycles. The van der Waals surface area contributed by atoms with Crippen molar-refractivity contribution < 1.29 is 0 Å². The van der Waals surface area contributed by atoms with Crippen LogP contribution < -0.4 is 10.6 Å². The van der Waals surface area contributed by atoms with E-state index in [1.165, 1.54) is 10.6 Å². The van der Waals surface area contributed by atoms with Gasteiger partial charge in [0.1, 0.15) is 0 Å². The number of hydrogen-bond donors (Lipinski definition) is 1. The first kappa shape index (κ1) is 15.8. The smallest absolute Gasteiger partial charge is 0.0867 e. The minimum absolute atomic E-state index is 0.470. The summed E-state index contributed by atoms with van der Waals surface area (Å²) < 4.78 is 0. The van der Waals surface area contributed by atoms with Crippen LogP contribution in [0.3, 0.4) is 0 Å². The SMILES string of the molecule is c1ccc(P(Cc2cccc(-c3ccc[nH]3)n2)c2ccccc2)cc1. The number of H-pyrrole nitrogens is 1. The fourth-order valence-electron chi connectivity index (χ4n) is 2.92. The zero-order chi connectivity index (χ0) is 16.9. The maximum absolute atomic E-state index is 4.89. The maximum Gasteiger partial charge on any atom is 0.0867 e. The van der Waals surface area contributed by atoms with E-state index in [1.54, 1.807) is 0 Å². The van der Waals surface area contributed by atoms with Gasteiger partial charge in [0.15, 0.2) is 0 Å². The lowest BCUT2D eigenvalue weighted by atomic mass is 10.2. The van der Waals surface area contributed by atoms with Gasteiger partial charge < -0.3 is 4.98 Å². The predicted molar refractivity (Wildman–Crippen MR) is 107 cm³/mol. The summed E-state index contributed by atoms with van der Waals surface area (Å²) in [6, 6.07) is 31.9. The van der Waals surface area contributed by atoms with E-state index in [0.717, 1.165) is 23.2 Å². The summed E-state index contributed by atoms with van der Waals surface area (Å²) in [5.41, 5.74) is 3.19. The van der Waals surface area contributed by atoms with Crippen LogP contribution in [-0.2, 0) is 6.16 Å². The fraction of sp³-hybridized carbons (Fsp3) is 0.0455. The van der Waals surface area contributed by atoms with Crippen LogP contribution in [0.4, 0.5) is 0 Å². The first-order chi connectivity index (χ1) is 12.4. The minimum Gasteiger partial charge on any atom is -0.360 e. The lowest BCUT2D eigenvalue weighted by molar-refractivity contribution is 1.16. The van der Waals surface area contributed by atoms with Gasteiger partial charge in [0.25, 0.3) is 0 Å². The Morgan fingerprint density at radius 2 is 1.36 bits per heavy atom. The Hall–Kier alpha value is -2.70. The third-order valence-electron chi connectivity index (χ3n) is 4.14. The van der Waals surface area contributed by atoms with Crippen LogP contribution in [0.2, 0.25) is 0 Å². The second-order valence-electron chi connectivity index (χ2n) is 5.86. The van der Waals surface area contributed by atoms with Crippen molar-refractivity contribution in [1.29, 1.82) is 0 Å². The first-order valence-corrected chi connectivity index (χ1v) is 9.90. The normalized spacial score (nSPS) is 10.9. The molecule has 0 aliphatic rings. The highest BCUT2D eigenvalue weighted by Crippen LogP contribution is 2.37. The monoisotopic (exact) mass is 342 g/mol. The van der Waals surface area contributed by atoms with Crippen molar-refractivity contribution in [1.82, 2.24) is 9.97 Å². The van der Waals surface area contributed by atoms with E-state index in [4.69, 9.17) is 4.98 Å². The van der Waals surface area contributed by atoms with Crippen molar-refractivity contribution in [3.63, 3.8) is 0 Å². The van der Waals surface area contributed by atoms with Crippen molar-refractivity contribution in [3.05, 3.63) is 103 Å². The van der Waals surface area contributed by atoms with Crippen LogP contribution in [0.5, 0.6) is 0 Å². The van der Waals surface area contributed by atoms with Crippen molar-refractivity contribution in [2.75, 3.05) is 0 Å². The van der Waals surface area contributed by atoms with Crippen molar-refractivity contribution in [2.24, 2.45) is 0 Å². The molecule has 0 amide bonds. The molecule has 4 aromatic rings. The molecule has 4 rings (SSSR count). The number of aromatic nitrogens is 2. The largest absolute Gasteiger partial charge is 0.360 e. The quantitative estimate of drug-likeness (QED) is 0.523. The summed E-state index contributed by atoms with van der Waals surface area (Å²) >= 11 is 0. The van der Waals surface area contributed by atoms with Crippen molar-refractivity contribution >= 4 is 18.5 Å². The van der Waals surface area contributed by atoms with Crippen LogP contribution >= 0.6 is 7.92 Å². The van der Waals surface area contributed by atoms with Crippen LogP contribution in [0.25, 0.3) is 11.4 Å². The van der Waals surface area contributed by atoms with Crippen LogP contribution in [0, 0.1) is 0 Å². The Kier molecular flexibility index (Phi) is 4.72. The predicted octanol–water partition coefficient (Wildman–Crippen LogP) is 4.71. The average Bonchev–Trinajstić information content (AvgIpc) is 3.23. The van der Waals surface area contributed by atoms with Crippen molar-refractivity contribution in [2.45, 2.75) is 6.16 Å². The summed E-state index contributed by atoms with van der Waals surface area (Å²) in [5.74, 6) is 0. The minimum atomic E-state index is -0.470. The van der Waals surface area contributed by atoms with E-state index >= 15 is 0 Å². The molecular weight excluding hydrogens is 323 g/mol. The van der Waals surface area contributed by atoms with Gasteiger partial charge in [-0.05, 0) is 42.8 Å². The molecule has 122 valence electrons. The third kappa shape index (κ3) is 3.70. The standard InChI is InChI=1S/C22H19N2P/c1-3-10-19(11-4-1)25(20-12-5-2-6-13-20)17-18-9-7-14-22(24-18)21-15-8-16-23-21/h1-16,23H,17H2. The molecule has 2 heterocycles. The number of benzene rings is 2. The number of hydrogen-bond acceptors (Lipinski definition) is 1. The van der Waals surface area contributed by atoms with Gasteiger partial charge in [-0.1, -0.05) is 66.7 Å². The summed E-state index contributed by atoms with van der Waals surface area (Å²) in [5, 5.41) is 2.77. The molecule has 0 atom stereocenters. The van der Waals surface area contributed by atoms with Crippen LogP contribution in [0.1, 0.15) is 5.69 Å². The highest BCUT2D eigenvalue weighted by Gasteiger charge is 2.15. The van der Waals surface area contributed by atoms with Crippen LogP contribution in [-0.4, -0.2) is 9.97 Å². The second kappa shape index (κ2) is 7.46. The molecule has 25 heavy (non-hydrogen) atoms. The molecule has 3 heteroatoms. The molecule has 0 saturated heterocycles. The molecule has 2 aromatic heterocycles. The number of pyridine rings is 1. The van der Waals surface area contributed by atoms with Gasteiger partial charge >= 0.3 is 0 Å². The molecule has 0 unspecified atom stereocenters. The van der Waals surface area contributed by atoms with E-state index in [-0.39, 0.29) is 0 Å². The maximum atomic E-state index is 4.89. The molecule has 2 nitrogen and oxygen atoms in total. The molecule has 0 spiro atoms. The van der Waals surface area contributed by atoms with E-state index < -0.39 is 7.92 Å². The lowest BCUT2D eigenvalue weighted by Crippen LogP contribution is -2.13. The molecule has 1 N–H and O–H groups in total. The summed E-state index contributed by atoms with van der Waals surface area (Å²) in [4.78, 5) is 8.13. The number of nitrogens with one attached hydrogen (secondary N) is 1. The molecule has 0 fully saturated rings. The average molecular weight is 342 g/mol. The fourth-order valence-corrected chi connectivity index (χ4v) is 5.14. The topological polar surface area (TPSA) is 28.7 Å². The first-order valence-electron chi connectivity index (χ1n) is 8.37. The molecule has 0 saturated carbocycles. The van der Waals surface area contributed by atoms with Gasteiger partial charge in [-0.15, -0.1) is 0 Å². The zero-order valence-corrected chi connectivity index (χ0v) is 14.7. The Balaban J connectivity index is 1.69. The van der Waals surface area contributed by atoms with Gasteiger partial charge in [-0.3, -0.25) is 4.98 Å². The van der Waals surface area contributed by atoms with Gasteiger partial charge in [-0.25, -0.2) is 0 Å². The Morgan fingerprint density at radius 3 is 1.96 bits per heavy atom. The van der Waals surface area contributed by atoms with Gasteiger partial charge in [0.2, 0.25) is 0 Å². The van der Waals surface area contributed by atoms with Gasteiger partial charge in [0, 0.05) is 18.1 Å². The lowest BCUT2D eigenvalue weighted by Gasteiger charge is -2.18. The summed E-state index contributed by atoms with van der Waals surface area (Å²) in [6.45, 7) is 0. The Morgan fingerprint density at radius 1 is 0.680 bits per heavy atom. The van der Waals surface area contributed by atoms with Gasteiger partial charge in [-0.2, -0.15) is 0 Å². The summed E-state index contributed by atoms with van der Waals surface area (Å²) in [6.07, 6.45) is 2.88. The third-order valence-corrected chi connectivity index (χ3v) is 6.62. The second-order valence-corrected chi connectivity index (χ2v) is 8.06. The van der Waals surface area contributed by atoms with Crippen LogP contribution in [0.15, 0.2) is 97.2 Å². The molecule has 2 aromatic carbocycles. The van der Waals surface area contributed by atoms with Crippen molar-refractivity contribution in [3.8, 4) is 11.4 Å². The van der Waals surface area contributed by atoms with E-state index in [0.29, 0.717) is 0 Å². The number of nitrogens with zero attached hydrogens (tertiary/aromatic N) is 1. The molecule has 0 bridgehead atoms. The number of aromatic amines is 1. The van der Waals surface area contributed by atoms with E-state index in [2.05, 4.69) is 89.9 Å². The highest BCUT2D eigenvalue weighted by molar-refractivity contribution is 7.72. The molecular formula is C22H19N2P. The zero-order valence-electron chi connectivity index (χ0n) is 13.8. The molecule has 0 aliphatic heterocycles. The van der Waals surface area contributed by atoms with Gasteiger partial charge in [0.05, 0.1) is 11.4 Å². The van der Waals surface area contributed by atoms with E-state index in [9.17, 15) is 0 Å². The Labute approximate surface area is 149 Å². The van der Waals surface area contributed by atoms with E-state index in [1.807, 2.05) is 12.3 Å². The molecule has 0 radical (unpaired) electrons. The summed E-state index contributed by atoms with van der Waals surface area (Å²) in [7, 11) is -0.470. The Bertz CT molecular complexity index is 879. The number of rotatable bonds is 5.